The topological polar surface area (TPSA) is 83.6 Å². The van der Waals surface area contributed by atoms with Crippen molar-refractivity contribution in [1.82, 2.24) is 15.2 Å². The van der Waals surface area contributed by atoms with E-state index in [2.05, 4.69) is 15.6 Å². The fraction of sp³-hybridized carbons (Fsp3) is 0.250. The number of likely N-dealkylation sites (N-methyl/N-ethyl adjacent to an activating group) is 1. The van der Waals surface area contributed by atoms with E-state index in [0.29, 0.717) is 16.7 Å². The van der Waals surface area contributed by atoms with Crippen LogP contribution in [0, 0.1) is 6.92 Å². The largest absolute Gasteiger partial charge is 0.447 e. The summed E-state index contributed by atoms with van der Waals surface area (Å²) in [4.78, 5) is 29.9. The molecule has 9 heteroatoms. The van der Waals surface area contributed by atoms with E-state index in [1.54, 1.807) is 13.1 Å². The van der Waals surface area contributed by atoms with Crippen LogP contribution in [0.4, 0.5) is 14.7 Å². The number of fused-ring (bicyclic) bond motifs is 1. The van der Waals surface area contributed by atoms with Crippen molar-refractivity contribution >= 4 is 50.4 Å². The number of hydrogen-bond donors (Lipinski definition) is 2. The van der Waals surface area contributed by atoms with Crippen molar-refractivity contribution in [2.24, 2.45) is 0 Å². The maximum atomic E-state index is 12.1. The Morgan fingerprint density at radius 3 is 2.83 bits per heavy atom. The number of amides is 3. The molecule has 0 spiro atoms. The van der Waals surface area contributed by atoms with Gasteiger partial charge in [0.15, 0.2) is 5.13 Å². The SMILES string of the molecule is Cc1ccc2nc(NC(=O)OCCN(C)C(=O)NCc3ccccc3Cl)sc2c1. The zero-order valence-electron chi connectivity index (χ0n) is 16.1. The van der Waals surface area contributed by atoms with Gasteiger partial charge in [-0.25, -0.2) is 14.6 Å². The van der Waals surface area contributed by atoms with Gasteiger partial charge in [0.25, 0.3) is 0 Å². The third-order valence-corrected chi connectivity index (χ3v) is 5.45. The van der Waals surface area contributed by atoms with E-state index in [0.717, 1.165) is 21.3 Å². The summed E-state index contributed by atoms with van der Waals surface area (Å²) in [6, 6.07) is 12.9. The zero-order valence-corrected chi connectivity index (χ0v) is 17.6. The number of carbonyl (C=O) groups excluding carboxylic acids is 2. The minimum Gasteiger partial charge on any atom is -0.447 e. The summed E-state index contributed by atoms with van der Waals surface area (Å²) in [7, 11) is 1.62. The Bertz CT molecular complexity index is 1020. The molecule has 0 unspecified atom stereocenters. The number of aryl methyl sites for hydroxylation is 1. The summed E-state index contributed by atoms with van der Waals surface area (Å²) in [6.07, 6.45) is -0.606. The van der Waals surface area contributed by atoms with E-state index >= 15 is 0 Å². The molecule has 29 heavy (non-hydrogen) atoms. The highest BCUT2D eigenvalue weighted by molar-refractivity contribution is 7.22. The minimum atomic E-state index is -0.606. The Kier molecular flexibility index (Phi) is 6.90. The number of halogens is 1. The van der Waals surface area contributed by atoms with Gasteiger partial charge >= 0.3 is 12.1 Å². The van der Waals surface area contributed by atoms with Crippen LogP contribution in [0.2, 0.25) is 5.02 Å². The lowest BCUT2D eigenvalue weighted by molar-refractivity contribution is 0.146. The third kappa shape index (κ3) is 5.82. The van der Waals surface area contributed by atoms with Crippen LogP contribution in [0.1, 0.15) is 11.1 Å². The van der Waals surface area contributed by atoms with Crippen molar-refractivity contribution in [2.75, 3.05) is 25.5 Å². The number of thiazole rings is 1. The van der Waals surface area contributed by atoms with Crippen molar-refractivity contribution in [2.45, 2.75) is 13.5 Å². The van der Waals surface area contributed by atoms with Gasteiger partial charge in [0.2, 0.25) is 0 Å². The average molecular weight is 433 g/mol. The number of carbonyl (C=O) groups is 2. The maximum absolute atomic E-state index is 12.1. The van der Waals surface area contributed by atoms with Crippen LogP contribution in [0.15, 0.2) is 42.5 Å². The molecule has 0 bridgehead atoms. The maximum Gasteiger partial charge on any atom is 0.413 e. The van der Waals surface area contributed by atoms with Gasteiger partial charge in [-0.05, 0) is 36.2 Å². The van der Waals surface area contributed by atoms with E-state index in [1.807, 2.05) is 43.3 Å². The molecule has 0 atom stereocenters. The molecule has 0 saturated carbocycles. The number of aromatic nitrogens is 1. The molecule has 0 aliphatic heterocycles. The monoisotopic (exact) mass is 432 g/mol. The highest BCUT2D eigenvalue weighted by Crippen LogP contribution is 2.26. The number of rotatable bonds is 6. The molecule has 0 saturated heterocycles. The van der Waals surface area contributed by atoms with Crippen LogP contribution < -0.4 is 10.6 Å². The molecule has 3 rings (SSSR count). The normalized spacial score (nSPS) is 10.6. The van der Waals surface area contributed by atoms with Gasteiger partial charge in [-0.2, -0.15) is 0 Å². The summed E-state index contributed by atoms with van der Waals surface area (Å²) < 4.78 is 6.14. The van der Waals surface area contributed by atoms with Crippen molar-refractivity contribution in [3.05, 3.63) is 58.6 Å². The fourth-order valence-corrected chi connectivity index (χ4v) is 3.69. The Hall–Kier alpha value is -2.84. The quantitative estimate of drug-likeness (QED) is 0.594. The first-order valence-corrected chi connectivity index (χ1v) is 10.1. The highest BCUT2D eigenvalue weighted by atomic mass is 35.5. The van der Waals surface area contributed by atoms with Crippen molar-refractivity contribution in [3.63, 3.8) is 0 Å². The Labute approximate surface area is 177 Å². The predicted molar refractivity (Wildman–Crippen MR) is 116 cm³/mol. The van der Waals surface area contributed by atoms with Gasteiger partial charge in [0.1, 0.15) is 6.61 Å². The second kappa shape index (κ2) is 9.58. The van der Waals surface area contributed by atoms with E-state index < -0.39 is 6.09 Å². The van der Waals surface area contributed by atoms with Crippen molar-refractivity contribution < 1.29 is 14.3 Å². The first-order chi connectivity index (χ1) is 13.9. The fourth-order valence-electron chi connectivity index (χ4n) is 2.53. The van der Waals surface area contributed by atoms with E-state index in [1.165, 1.54) is 16.2 Å². The van der Waals surface area contributed by atoms with Crippen LogP contribution in [0.25, 0.3) is 10.2 Å². The molecular weight excluding hydrogens is 412 g/mol. The minimum absolute atomic E-state index is 0.0614. The number of urea groups is 1. The van der Waals surface area contributed by atoms with Crippen LogP contribution in [0.3, 0.4) is 0 Å². The molecule has 2 N–H and O–H groups in total. The molecule has 7 nitrogen and oxygen atoms in total. The highest BCUT2D eigenvalue weighted by Gasteiger charge is 2.12. The van der Waals surface area contributed by atoms with Crippen molar-refractivity contribution in [1.29, 1.82) is 0 Å². The number of anilines is 1. The molecule has 1 heterocycles. The summed E-state index contributed by atoms with van der Waals surface area (Å²) in [6.45, 7) is 2.63. The Morgan fingerprint density at radius 2 is 2.03 bits per heavy atom. The van der Waals surface area contributed by atoms with Crippen molar-refractivity contribution in [3.8, 4) is 0 Å². The molecule has 0 aliphatic carbocycles. The van der Waals surface area contributed by atoms with E-state index in [-0.39, 0.29) is 19.2 Å². The number of nitrogens with zero attached hydrogens (tertiary/aromatic N) is 2. The number of hydrogen-bond acceptors (Lipinski definition) is 5. The molecular formula is C20H21ClN4O3S. The first-order valence-electron chi connectivity index (χ1n) is 8.96. The molecule has 152 valence electrons. The average Bonchev–Trinajstić information content (AvgIpc) is 3.08. The lowest BCUT2D eigenvalue weighted by Crippen LogP contribution is -2.39. The molecule has 0 aliphatic rings. The summed E-state index contributed by atoms with van der Waals surface area (Å²) in [5, 5.41) is 6.47. The Balaban J connectivity index is 1.40. The van der Waals surface area contributed by atoms with Crippen LogP contribution in [-0.4, -0.2) is 42.2 Å². The smallest absolute Gasteiger partial charge is 0.413 e. The molecule has 3 aromatic rings. The second-order valence-corrected chi connectivity index (χ2v) is 7.86. The molecule has 2 aromatic carbocycles. The van der Waals surface area contributed by atoms with Crippen LogP contribution in [-0.2, 0) is 11.3 Å². The second-order valence-electron chi connectivity index (χ2n) is 6.42. The number of ether oxygens (including phenoxy) is 1. The summed E-state index contributed by atoms with van der Waals surface area (Å²) in [5.41, 5.74) is 2.79. The zero-order chi connectivity index (χ0) is 20.8. The summed E-state index contributed by atoms with van der Waals surface area (Å²) in [5.74, 6) is 0. The Morgan fingerprint density at radius 1 is 1.24 bits per heavy atom. The van der Waals surface area contributed by atoms with E-state index in [4.69, 9.17) is 16.3 Å². The third-order valence-electron chi connectivity index (χ3n) is 4.15. The molecule has 1 aromatic heterocycles. The van der Waals surface area contributed by atoms with Gasteiger partial charge in [-0.1, -0.05) is 47.2 Å². The van der Waals surface area contributed by atoms with Gasteiger partial charge in [0, 0.05) is 18.6 Å². The van der Waals surface area contributed by atoms with Crippen LogP contribution in [0.5, 0.6) is 0 Å². The lowest BCUT2D eigenvalue weighted by Gasteiger charge is -2.18. The van der Waals surface area contributed by atoms with Gasteiger partial charge in [-0.15, -0.1) is 0 Å². The number of benzene rings is 2. The predicted octanol–water partition coefficient (Wildman–Crippen LogP) is 4.65. The molecule has 0 fully saturated rings. The lowest BCUT2D eigenvalue weighted by atomic mass is 10.2. The van der Waals surface area contributed by atoms with Gasteiger partial charge < -0.3 is 15.0 Å². The number of nitrogens with one attached hydrogen (secondary N) is 2. The first kappa shape index (κ1) is 20.9. The van der Waals surface area contributed by atoms with Crippen LogP contribution >= 0.6 is 22.9 Å². The van der Waals surface area contributed by atoms with Gasteiger partial charge in [-0.3, -0.25) is 5.32 Å². The standard InChI is InChI=1S/C20H21ClN4O3S/c1-13-7-8-16-17(11-13)29-18(23-16)24-20(27)28-10-9-25(2)19(26)22-12-14-5-3-4-6-15(14)21/h3-8,11H,9-10,12H2,1-2H3,(H,22,26)(H,23,24,27). The molecule has 3 amide bonds. The van der Waals surface area contributed by atoms with E-state index in [9.17, 15) is 9.59 Å². The molecule has 0 radical (unpaired) electrons. The summed E-state index contributed by atoms with van der Waals surface area (Å²) >= 11 is 7.45. The van der Waals surface area contributed by atoms with Gasteiger partial charge in [0.05, 0.1) is 16.8 Å².